The van der Waals surface area contributed by atoms with Crippen LogP contribution in [0.3, 0.4) is 0 Å². The van der Waals surface area contributed by atoms with Crippen LogP contribution in [0.5, 0.6) is 5.75 Å². The molecule has 0 aromatic heterocycles. The highest BCUT2D eigenvalue weighted by molar-refractivity contribution is 6.32. The van der Waals surface area contributed by atoms with Crippen LogP contribution in [-0.2, 0) is 11.3 Å². The Morgan fingerprint density at radius 2 is 2.00 bits per heavy atom. The minimum Gasteiger partial charge on any atom is -0.489 e. The van der Waals surface area contributed by atoms with E-state index in [2.05, 4.69) is 26.1 Å². The predicted octanol–water partition coefficient (Wildman–Crippen LogP) is 4.28. The van der Waals surface area contributed by atoms with E-state index in [4.69, 9.17) is 21.1 Å². The topological polar surface area (TPSA) is 30.5 Å². The Hall–Kier alpha value is -0.770. The van der Waals surface area contributed by atoms with Gasteiger partial charge in [0, 0.05) is 18.7 Å². The van der Waals surface area contributed by atoms with Crippen LogP contribution >= 0.6 is 11.6 Å². The van der Waals surface area contributed by atoms with E-state index in [1.165, 1.54) is 0 Å². The first kappa shape index (κ1) is 18.3. The molecule has 0 aliphatic rings. The molecule has 0 heterocycles. The van der Waals surface area contributed by atoms with Crippen molar-refractivity contribution in [2.75, 3.05) is 26.4 Å². The van der Waals surface area contributed by atoms with Crippen LogP contribution in [-0.4, -0.2) is 26.4 Å². The third kappa shape index (κ3) is 7.70. The molecule has 0 radical (unpaired) electrons. The summed E-state index contributed by atoms with van der Waals surface area (Å²) in [6.07, 6.45) is 2.24. The highest BCUT2D eigenvalue weighted by Crippen LogP contribution is 2.28. The van der Waals surface area contributed by atoms with Crippen molar-refractivity contribution >= 4 is 11.6 Å². The molecule has 1 aromatic rings. The molecule has 4 heteroatoms. The van der Waals surface area contributed by atoms with E-state index in [1.807, 2.05) is 18.2 Å². The third-order valence-electron chi connectivity index (χ3n) is 3.03. The summed E-state index contributed by atoms with van der Waals surface area (Å²) in [6, 6.07) is 5.87. The number of halogens is 1. The smallest absolute Gasteiger partial charge is 0.142 e. The van der Waals surface area contributed by atoms with E-state index in [-0.39, 0.29) is 0 Å². The number of unbranched alkanes of at least 4 members (excludes halogenated alkanes) is 1. The van der Waals surface area contributed by atoms with Gasteiger partial charge in [0.15, 0.2) is 0 Å². The van der Waals surface area contributed by atoms with Crippen LogP contribution < -0.4 is 10.1 Å². The maximum Gasteiger partial charge on any atom is 0.142 e. The molecule has 0 unspecified atom stereocenters. The lowest BCUT2D eigenvalue weighted by Crippen LogP contribution is -2.19. The van der Waals surface area contributed by atoms with Gasteiger partial charge in [0.2, 0.25) is 0 Å². The fraction of sp³-hybridized carbons (Fsp3) is 0.647. The molecule has 1 rings (SSSR count). The van der Waals surface area contributed by atoms with Crippen molar-refractivity contribution in [3.05, 3.63) is 28.8 Å². The molecule has 0 aliphatic carbocycles. The average molecular weight is 314 g/mol. The zero-order valence-corrected chi connectivity index (χ0v) is 14.2. The van der Waals surface area contributed by atoms with Gasteiger partial charge in [-0.1, -0.05) is 50.9 Å². The van der Waals surface area contributed by atoms with Gasteiger partial charge >= 0.3 is 0 Å². The molecule has 0 amide bonds. The molecule has 0 atom stereocenters. The summed E-state index contributed by atoms with van der Waals surface area (Å²) in [4.78, 5) is 0. The number of para-hydroxylation sites is 1. The van der Waals surface area contributed by atoms with Gasteiger partial charge in [0.05, 0.1) is 11.6 Å². The first-order valence-corrected chi connectivity index (χ1v) is 8.21. The van der Waals surface area contributed by atoms with Gasteiger partial charge in [0.25, 0.3) is 0 Å². The fourth-order valence-corrected chi connectivity index (χ4v) is 2.15. The Kier molecular flexibility index (Phi) is 9.48. The van der Waals surface area contributed by atoms with E-state index >= 15 is 0 Å². The Morgan fingerprint density at radius 1 is 1.19 bits per heavy atom. The van der Waals surface area contributed by atoms with Gasteiger partial charge in [0.1, 0.15) is 12.4 Å². The second-order valence-corrected chi connectivity index (χ2v) is 5.97. The second kappa shape index (κ2) is 10.9. The molecular weight excluding hydrogens is 286 g/mol. The van der Waals surface area contributed by atoms with Crippen LogP contribution in [0.2, 0.25) is 5.02 Å². The zero-order chi connectivity index (χ0) is 15.5. The second-order valence-electron chi connectivity index (χ2n) is 5.57. The largest absolute Gasteiger partial charge is 0.489 e. The van der Waals surface area contributed by atoms with Crippen LogP contribution in [0.25, 0.3) is 0 Å². The number of benzene rings is 1. The van der Waals surface area contributed by atoms with Crippen molar-refractivity contribution in [3.63, 3.8) is 0 Å². The molecule has 21 heavy (non-hydrogen) atoms. The summed E-state index contributed by atoms with van der Waals surface area (Å²) in [7, 11) is 0. The molecule has 0 aliphatic heterocycles. The normalized spacial score (nSPS) is 11.1. The van der Waals surface area contributed by atoms with E-state index in [0.29, 0.717) is 24.2 Å². The van der Waals surface area contributed by atoms with Crippen molar-refractivity contribution in [2.45, 2.75) is 40.2 Å². The number of hydrogen-bond acceptors (Lipinski definition) is 3. The maximum absolute atomic E-state index is 6.24. The number of nitrogens with one attached hydrogen (secondary N) is 1. The minimum atomic E-state index is 0.532. The SMILES string of the molecule is CCCCOCCOc1c(Cl)cccc1CNCC(C)C. The summed E-state index contributed by atoms with van der Waals surface area (Å²) < 4.78 is 11.3. The first-order chi connectivity index (χ1) is 10.1. The monoisotopic (exact) mass is 313 g/mol. The minimum absolute atomic E-state index is 0.532. The van der Waals surface area contributed by atoms with E-state index < -0.39 is 0 Å². The molecule has 1 aromatic carbocycles. The summed E-state index contributed by atoms with van der Waals surface area (Å²) in [6.45, 7) is 10.2. The van der Waals surface area contributed by atoms with Crippen LogP contribution in [0, 0.1) is 5.92 Å². The molecule has 0 bridgehead atoms. The Bertz CT molecular complexity index is 396. The number of rotatable bonds is 11. The lowest BCUT2D eigenvalue weighted by molar-refractivity contribution is 0.0977. The Balaban J connectivity index is 2.43. The van der Waals surface area contributed by atoms with E-state index in [0.717, 1.165) is 43.9 Å². The Labute approximate surface area is 134 Å². The number of ether oxygens (including phenoxy) is 2. The van der Waals surface area contributed by atoms with Crippen LogP contribution in [0.1, 0.15) is 39.2 Å². The summed E-state index contributed by atoms with van der Waals surface area (Å²) in [5.74, 6) is 1.40. The van der Waals surface area contributed by atoms with Gasteiger partial charge in [-0.15, -0.1) is 0 Å². The molecule has 0 saturated heterocycles. The lowest BCUT2D eigenvalue weighted by Gasteiger charge is -2.14. The van der Waals surface area contributed by atoms with Crippen LogP contribution in [0.15, 0.2) is 18.2 Å². The molecular formula is C17H28ClNO2. The fourth-order valence-electron chi connectivity index (χ4n) is 1.90. The van der Waals surface area contributed by atoms with Crippen molar-refractivity contribution in [1.82, 2.24) is 5.32 Å². The highest BCUT2D eigenvalue weighted by atomic mass is 35.5. The van der Waals surface area contributed by atoms with E-state index in [1.54, 1.807) is 0 Å². The standard InChI is InChI=1S/C17H28ClNO2/c1-4-5-9-20-10-11-21-17-15(7-6-8-16(17)18)13-19-12-14(2)3/h6-8,14,19H,4-5,9-13H2,1-3H3. The first-order valence-electron chi connectivity index (χ1n) is 7.83. The maximum atomic E-state index is 6.24. The zero-order valence-electron chi connectivity index (χ0n) is 13.5. The highest BCUT2D eigenvalue weighted by Gasteiger charge is 2.08. The van der Waals surface area contributed by atoms with Gasteiger partial charge in [-0.05, 0) is 24.9 Å². The Morgan fingerprint density at radius 3 is 2.71 bits per heavy atom. The number of hydrogen-bond donors (Lipinski definition) is 1. The third-order valence-corrected chi connectivity index (χ3v) is 3.33. The van der Waals surface area contributed by atoms with Crippen molar-refractivity contribution in [2.24, 2.45) is 5.92 Å². The van der Waals surface area contributed by atoms with E-state index in [9.17, 15) is 0 Å². The van der Waals surface area contributed by atoms with Crippen molar-refractivity contribution < 1.29 is 9.47 Å². The van der Waals surface area contributed by atoms with Crippen molar-refractivity contribution in [1.29, 1.82) is 0 Å². The molecule has 1 N–H and O–H groups in total. The van der Waals surface area contributed by atoms with Gasteiger partial charge < -0.3 is 14.8 Å². The molecule has 0 saturated carbocycles. The summed E-state index contributed by atoms with van der Waals surface area (Å²) >= 11 is 6.24. The molecule has 0 spiro atoms. The van der Waals surface area contributed by atoms with Crippen molar-refractivity contribution in [3.8, 4) is 5.75 Å². The van der Waals surface area contributed by atoms with Gasteiger partial charge in [-0.25, -0.2) is 0 Å². The van der Waals surface area contributed by atoms with Crippen LogP contribution in [0.4, 0.5) is 0 Å². The average Bonchev–Trinajstić information content (AvgIpc) is 2.44. The summed E-state index contributed by atoms with van der Waals surface area (Å²) in [5.41, 5.74) is 1.09. The van der Waals surface area contributed by atoms with Gasteiger partial charge in [-0.3, -0.25) is 0 Å². The summed E-state index contributed by atoms with van der Waals surface area (Å²) in [5, 5.41) is 4.08. The molecule has 3 nitrogen and oxygen atoms in total. The lowest BCUT2D eigenvalue weighted by atomic mass is 10.2. The van der Waals surface area contributed by atoms with Gasteiger partial charge in [-0.2, -0.15) is 0 Å². The predicted molar refractivity (Wildman–Crippen MR) is 89.2 cm³/mol. The quantitative estimate of drug-likeness (QED) is 0.618. The molecule has 120 valence electrons. The molecule has 0 fully saturated rings.